The first-order valence-electron chi connectivity index (χ1n) is 7.85. The molecule has 5 heteroatoms. The summed E-state index contributed by atoms with van der Waals surface area (Å²) in [5.41, 5.74) is 3.12. The van der Waals surface area contributed by atoms with Crippen molar-refractivity contribution in [3.63, 3.8) is 0 Å². The Kier molecular flexibility index (Phi) is 6.07. The fraction of sp³-hybridized carbons (Fsp3) is 0.316. The summed E-state index contributed by atoms with van der Waals surface area (Å²) in [5.74, 6) is 1.43. The molecular formula is C19H24N2O3. The molecule has 0 aromatic heterocycles. The highest BCUT2D eigenvalue weighted by atomic mass is 16.5. The van der Waals surface area contributed by atoms with Gasteiger partial charge in [0, 0.05) is 12.1 Å². The van der Waals surface area contributed by atoms with Crippen molar-refractivity contribution < 1.29 is 14.3 Å². The molecule has 2 rings (SSSR count). The molecule has 2 amide bonds. The van der Waals surface area contributed by atoms with Crippen molar-refractivity contribution in [2.24, 2.45) is 0 Å². The molecule has 0 fully saturated rings. The number of rotatable bonds is 6. The summed E-state index contributed by atoms with van der Waals surface area (Å²) in [6.45, 7) is 4.42. The van der Waals surface area contributed by atoms with Crippen molar-refractivity contribution >= 4 is 6.03 Å². The maximum absolute atomic E-state index is 12.1. The minimum absolute atomic E-state index is 0.215. The summed E-state index contributed by atoms with van der Waals surface area (Å²) < 4.78 is 10.6. The van der Waals surface area contributed by atoms with Crippen molar-refractivity contribution in [3.05, 3.63) is 59.2 Å². The van der Waals surface area contributed by atoms with Crippen molar-refractivity contribution in [1.29, 1.82) is 0 Å². The summed E-state index contributed by atoms with van der Waals surface area (Å²) in [4.78, 5) is 12.1. The molecule has 1 unspecified atom stereocenters. The minimum Gasteiger partial charge on any atom is -0.497 e. The van der Waals surface area contributed by atoms with Crippen LogP contribution in [0.5, 0.6) is 11.5 Å². The SMILES string of the molecule is COc1ccc(OC)c(C(C)NC(=O)NCc2ccc(C)cc2)c1. The average Bonchev–Trinajstić information content (AvgIpc) is 2.60. The van der Waals surface area contributed by atoms with Crippen LogP contribution in [-0.4, -0.2) is 20.3 Å². The first-order valence-corrected chi connectivity index (χ1v) is 7.85. The Morgan fingerprint density at radius 3 is 2.42 bits per heavy atom. The molecule has 0 spiro atoms. The van der Waals surface area contributed by atoms with Gasteiger partial charge in [-0.2, -0.15) is 0 Å². The van der Waals surface area contributed by atoms with Gasteiger partial charge in [-0.3, -0.25) is 0 Å². The van der Waals surface area contributed by atoms with Crippen molar-refractivity contribution in [1.82, 2.24) is 10.6 Å². The van der Waals surface area contributed by atoms with E-state index >= 15 is 0 Å². The number of amides is 2. The number of methoxy groups -OCH3 is 2. The third-order valence-electron chi connectivity index (χ3n) is 3.82. The Hall–Kier alpha value is -2.69. The number of aryl methyl sites for hydroxylation is 1. The molecule has 0 aliphatic carbocycles. The zero-order valence-electron chi connectivity index (χ0n) is 14.6. The van der Waals surface area contributed by atoms with Gasteiger partial charge in [-0.05, 0) is 37.6 Å². The first kappa shape index (κ1) is 17.7. The second-order valence-electron chi connectivity index (χ2n) is 5.64. The lowest BCUT2D eigenvalue weighted by atomic mass is 10.1. The van der Waals surface area contributed by atoms with Crippen LogP contribution < -0.4 is 20.1 Å². The van der Waals surface area contributed by atoms with Crippen LogP contribution in [0.2, 0.25) is 0 Å². The number of carbonyl (C=O) groups is 1. The molecular weight excluding hydrogens is 304 g/mol. The zero-order valence-corrected chi connectivity index (χ0v) is 14.6. The maximum atomic E-state index is 12.1. The van der Waals surface area contributed by atoms with Gasteiger partial charge in [-0.1, -0.05) is 29.8 Å². The smallest absolute Gasteiger partial charge is 0.315 e. The van der Waals surface area contributed by atoms with E-state index in [0.717, 1.165) is 16.9 Å². The number of hydrogen-bond acceptors (Lipinski definition) is 3. The van der Waals surface area contributed by atoms with Crippen LogP contribution in [0.15, 0.2) is 42.5 Å². The monoisotopic (exact) mass is 328 g/mol. The number of ether oxygens (including phenoxy) is 2. The van der Waals surface area contributed by atoms with Gasteiger partial charge in [-0.15, -0.1) is 0 Å². The second kappa shape index (κ2) is 8.24. The molecule has 0 radical (unpaired) electrons. The van der Waals surface area contributed by atoms with E-state index in [1.807, 2.05) is 56.3 Å². The Morgan fingerprint density at radius 2 is 1.79 bits per heavy atom. The van der Waals surface area contributed by atoms with Crippen LogP contribution in [0.25, 0.3) is 0 Å². The Labute approximate surface area is 143 Å². The van der Waals surface area contributed by atoms with Gasteiger partial charge in [0.25, 0.3) is 0 Å². The predicted octanol–water partition coefficient (Wildman–Crippen LogP) is 3.57. The molecule has 2 aromatic carbocycles. The Morgan fingerprint density at radius 1 is 1.08 bits per heavy atom. The van der Waals surface area contributed by atoms with Gasteiger partial charge in [0.15, 0.2) is 0 Å². The largest absolute Gasteiger partial charge is 0.497 e. The first-order chi connectivity index (χ1) is 11.5. The van der Waals surface area contributed by atoms with Gasteiger partial charge in [0.05, 0.1) is 20.3 Å². The molecule has 0 heterocycles. The van der Waals surface area contributed by atoms with Crippen LogP contribution >= 0.6 is 0 Å². The zero-order chi connectivity index (χ0) is 17.5. The van der Waals surface area contributed by atoms with Gasteiger partial charge in [-0.25, -0.2) is 4.79 Å². The van der Waals surface area contributed by atoms with E-state index < -0.39 is 0 Å². The number of benzene rings is 2. The lowest BCUT2D eigenvalue weighted by Crippen LogP contribution is -2.36. The van der Waals surface area contributed by atoms with Crippen molar-refractivity contribution in [2.45, 2.75) is 26.4 Å². The number of urea groups is 1. The van der Waals surface area contributed by atoms with Crippen LogP contribution in [0.4, 0.5) is 4.79 Å². The van der Waals surface area contributed by atoms with E-state index in [2.05, 4.69) is 10.6 Å². The van der Waals surface area contributed by atoms with Crippen LogP contribution in [0, 0.1) is 6.92 Å². The van der Waals surface area contributed by atoms with E-state index in [1.165, 1.54) is 5.56 Å². The highest BCUT2D eigenvalue weighted by Crippen LogP contribution is 2.29. The molecule has 0 saturated carbocycles. The summed E-state index contributed by atoms with van der Waals surface area (Å²) in [7, 11) is 3.22. The topological polar surface area (TPSA) is 59.6 Å². The van der Waals surface area contributed by atoms with E-state index in [1.54, 1.807) is 14.2 Å². The number of hydrogen-bond donors (Lipinski definition) is 2. The molecule has 24 heavy (non-hydrogen) atoms. The third kappa shape index (κ3) is 4.65. The highest BCUT2D eigenvalue weighted by molar-refractivity contribution is 5.74. The lowest BCUT2D eigenvalue weighted by molar-refractivity contribution is 0.237. The van der Waals surface area contributed by atoms with E-state index in [9.17, 15) is 4.79 Å². The average molecular weight is 328 g/mol. The molecule has 5 nitrogen and oxygen atoms in total. The molecule has 0 saturated heterocycles. The predicted molar refractivity (Wildman–Crippen MR) is 94.5 cm³/mol. The maximum Gasteiger partial charge on any atom is 0.315 e. The van der Waals surface area contributed by atoms with E-state index in [4.69, 9.17) is 9.47 Å². The molecule has 0 bridgehead atoms. The van der Waals surface area contributed by atoms with Crippen LogP contribution in [-0.2, 0) is 6.54 Å². The summed E-state index contributed by atoms with van der Waals surface area (Å²) in [6.07, 6.45) is 0. The van der Waals surface area contributed by atoms with Crippen LogP contribution in [0.3, 0.4) is 0 Å². The molecule has 2 N–H and O–H groups in total. The second-order valence-corrected chi connectivity index (χ2v) is 5.64. The summed E-state index contributed by atoms with van der Waals surface area (Å²) >= 11 is 0. The van der Waals surface area contributed by atoms with Gasteiger partial charge >= 0.3 is 6.03 Å². The normalized spacial score (nSPS) is 11.5. The summed E-state index contributed by atoms with van der Waals surface area (Å²) in [5, 5.41) is 5.78. The molecule has 2 aromatic rings. The van der Waals surface area contributed by atoms with E-state index in [0.29, 0.717) is 12.3 Å². The third-order valence-corrected chi connectivity index (χ3v) is 3.82. The molecule has 0 aliphatic heterocycles. The summed E-state index contributed by atoms with van der Waals surface area (Å²) in [6, 6.07) is 13.1. The van der Waals surface area contributed by atoms with Crippen molar-refractivity contribution in [2.75, 3.05) is 14.2 Å². The van der Waals surface area contributed by atoms with Gasteiger partial charge < -0.3 is 20.1 Å². The van der Waals surface area contributed by atoms with Gasteiger partial charge in [0.2, 0.25) is 0 Å². The molecule has 128 valence electrons. The molecule has 1 atom stereocenters. The lowest BCUT2D eigenvalue weighted by Gasteiger charge is -2.18. The van der Waals surface area contributed by atoms with Crippen molar-refractivity contribution in [3.8, 4) is 11.5 Å². The highest BCUT2D eigenvalue weighted by Gasteiger charge is 2.15. The number of nitrogens with one attached hydrogen (secondary N) is 2. The van der Waals surface area contributed by atoms with E-state index in [-0.39, 0.29) is 12.1 Å². The quantitative estimate of drug-likeness (QED) is 0.852. The van der Waals surface area contributed by atoms with Gasteiger partial charge in [0.1, 0.15) is 11.5 Å². The fourth-order valence-electron chi connectivity index (χ4n) is 2.39. The Balaban J connectivity index is 1.97. The standard InChI is InChI=1S/C19H24N2O3/c1-13-5-7-15(8-6-13)12-20-19(22)21-14(2)17-11-16(23-3)9-10-18(17)24-4/h5-11,14H,12H2,1-4H3,(H2,20,21,22). The molecule has 0 aliphatic rings. The Bertz CT molecular complexity index is 684. The fourth-order valence-corrected chi connectivity index (χ4v) is 2.39. The minimum atomic E-state index is -0.229. The van der Waals surface area contributed by atoms with Crippen LogP contribution in [0.1, 0.15) is 29.7 Å². The number of carbonyl (C=O) groups excluding carboxylic acids is 1.